The van der Waals surface area contributed by atoms with Gasteiger partial charge in [0.05, 0.1) is 15.9 Å². The molecule has 2 unspecified atom stereocenters. The minimum absolute atomic E-state index is 0.0188. The third-order valence-electron chi connectivity index (χ3n) is 5.35. The van der Waals surface area contributed by atoms with Crippen LogP contribution >= 0.6 is 0 Å². The summed E-state index contributed by atoms with van der Waals surface area (Å²) >= 11 is 0. The third kappa shape index (κ3) is 3.58. The summed E-state index contributed by atoms with van der Waals surface area (Å²) in [5.41, 5.74) is 1.79. The van der Waals surface area contributed by atoms with Crippen molar-refractivity contribution in [3.8, 4) is 0 Å². The summed E-state index contributed by atoms with van der Waals surface area (Å²) in [5, 5.41) is 10.8. The Morgan fingerprint density at radius 3 is 2.39 bits per heavy atom. The number of hydrogen-bond acceptors (Lipinski definition) is 5. The Morgan fingerprint density at radius 2 is 1.71 bits per heavy atom. The molecular formula is C20H21N3O4S. The minimum Gasteiger partial charge on any atom is -0.295 e. The first-order valence-electron chi connectivity index (χ1n) is 9.24. The lowest BCUT2D eigenvalue weighted by molar-refractivity contribution is -0.384. The summed E-state index contributed by atoms with van der Waals surface area (Å²) < 4.78 is 28.9. The molecule has 146 valence electrons. The largest absolute Gasteiger partial charge is 0.295 e. The zero-order valence-corrected chi connectivity index (χ0v) is 16.0. The topological polar surface area (TPSA) is 92.5 Å². The summed E-state index contributed by atoms with van der Waals surface area (Å²) in [6.07, 6.45) is 6.33. The highest BCUT2D eigenvalue weighted by Gasteiger charge is 2.35. The van der Waals surface area contributed by atoms with Gasteiger partial charge in [0.25, 0.3) is 5.69 Å². The van der Waals surface area contributed by atoms with Crippen LogP contribution in [0.15, 0.2) is 59.5 Å². The van der Waals surface area contributed by atoms with E-state index in [0.717, 1.165) is 37.1 Å². The summed E-state index contributed by atoms with van der Waals surface area (Å²) in [7, 11) is -3.84. The maximum Gasteiger partial charge on any atom is 0.269 e. The number of non-ortho nitro benzene ring substituents is 1. The van der Waals surface area contributed by atoms with E-state index in [1.807, 2.05) is 24.3 Å². The lowest BCUT2D eigenvalue weighted by Gasteiger charge is -2.36. The predicted molar refractivity (Wildman–Crippen MR) is 106 cm³/mol. The third-order valence-corrected chi connectivity index (χ3v) is 6.80. The molecule has 2 aliphatic rings. The minimum atomic E-state index is -3.84. The van der Waals surface area contributed by atoms with Gasteiger partial charge in [0.1, 0.15) is 0 Å². The maximum atomic E-state index is 13.0. The number of nitrogens with zero attached hydrogens (tertiary/aromatic N) is 2. The van der Waals surface area contributed by atoms with Crippen LogP contribution in [0.25, 0.3) is 6.08 Å². The first-order valence-corrected chi connectivity index (χ1v) is 10.7. The molecule has 8 heteroatoms. The van der Waals surface area contributed by atoms with Crippen molar-refractivity contribution in [3.05, 3.63) is 75.8 Å². The van der Waals surface area contributed by atoms with E-state index in [4.69, 9.17) is 0 Å². The molecule has 1 saturated heterocycles. The molecule has 0 spiro atoms. The molecule has 0 radical (unpaired) electrons. The quantitative estimate of drug-likeness (QED) is 0.616. The zero-order valence-electron chi connectivity index (χ0n) is 15.2. The van der Waals surface area contributed by atoms with Gasteiger partial charge in [0, 0.05) is 18.2 Å². The van der Waals surface area contributed by atoms with Crippen molar-refractivity contribution in [3.63, 3.8) is 0 Å². The summed E-state index contributed by atoms with van der Waals surface area (Å²) in [4.78, 5) is 12.6. The smallest absolute Gasteiger partial charge is 0.269 e. The van der Waals surface area contributed by atoms with E-state index in [1.54, 1.807) is 0 Å². The van der Waals surface area contributed by atoms with Crippen LogP contribution in [0, 0.1) is 10.1 Å². The molecule has 1 aliphatic heterocycles. The van der Waals surface area contributed by atoms with Crippen LogP contribution in [-0.4, -0.2) is 37.4 Å². The van der Waals surface area contributed by atoms with Crippen molar-refractivity contribution in [2.45, 2.75) is 29.8 Å². The van der Waals surface area contributed by atoms with Crippen molar-refractivity contribution in [1.29, 1.82) is 0 Å². The number of nitro groups is 1. The van der Waals surface area contributed by atoms with Crippen LogP contribution in [0.3, 0.4) is 0 Å². The summed E-state index contributed by atoms with van der Waals surface area (Å²) in [5.74, 6) is 0. The molecule has 2 aromatic carbocycles. The van der Waals surface area contributed by atoms with E-state index < -0.39 is 21.0 Å². The van der Waals surface area contributed by atoms with Gasteiger partial charge >= 0.3 is 0 Å². The highest BCUT2D eigenvalue weighted by atomic mass is 32.2. The van der Waals surface area contributed by atoms with E-state index in [-0.39, 0.29) is 16.6 Å². The van der Waals surface area contributed by atoms with Crippen molar-refractivity contribution in [2.75, 3.05) is 13.1 Å². The van der Waals surface area contributed by atoms with Crippen molar-refractivity contribution in [1.82, 2.24) is 9.62 Å². The van der Waals surface area contributed by atoms with Crippen LogP contribution in [0.1, 0.15) is 30.0 Å². The first-order chi connectivity index (χ1) is 13.5. The summed E-state index contributed by atoms with van der Waals surface area (Å²) in [6, 6.07) is 12.2. The number of likely N-dealkylation sites (tertiary alicyclic amines) is 1. The van der Waals surface area contributed by atoms with Crippen LogP contribution in [0.5, 0.6) is 0 Å². The number of rotatable bonds is 5. The average molecular weight is 399 g/mol. The Morgan fingerprint density at radius 1 is 1.04 bits per heavy atom. The Bertz CT molecular complexity index is 1010. The molecule has 0 amide bonds. The second kappa shape index (κ2) is 7.46. The molecule has 2 atom stereocenters. The van der Waals surface area contributed by atoms with Crippen LogP contribution in [0.4, 0.5) is 5.69 Å². The number of sulfonamides is 1. The van der Waals surface area contributed by atoms with Gasteiger partial charge in [-0.25, -0.2) is 13.1 Å². The van der Waals surface area contributed by atoms with Gasteiger partial charge in [-0.05, 0) is 49.2 Å². The SMILES string of the molecule is O=[N+]([O-])c1ccc(S(=O)(=O)NC2c3ccccc3C=CC2N2CCCC2)cc1. The van der Waals surface area contributed by atoms with Crippen molar-refractivity contribution in [2.24, 2.45) is 0 Å². The molecule has 1 heterocycles. The van der Waals surface area contributed by atoms with Gasteiger partial charge in [0.15, 0.2) is 0 Å². The Balaban J connectivity index is 1.67. The number of fused-ring (bicyclic) bond motifs is 1. The molecule has 1 aliphatic carbocycles. The van der Waals surface area contributed by atoms with E-state index in [9.17, 15) is 18.5 Å². The fourth-order valence-corrected chi connectivity index (χ4v) is 5.16. The van der Waals surface area contributed by atoms with E-state index in [0.29, 0.717) is 0 Å². The second-order valence-corrected chi connectivity index (χ2v) is 8.79. The molecule has 4 rings (SSSR count). The van der Waals surface area contributed by atoms with E-state index in [2.05, 4.69) is 21.8 Å². The molecule has 0 bridgehead atoms. The van der Waals surface area contributed by atoms with E-state index >= 15 is 0 Å². The molecule has 7 nitrogen and oxygen atoms in total. The normalized spacial score (nSPS) is 22.1. The molecule has 0 saturated carbocycles. The highest BCUT2D eigenvalue weighted by Crippen LogP contribution is 2.34. The number of benzene rings is 2. The molecule has 1 fully saturated rings. The van der Waals surface area contributed by atoms with Crippen LogP contribution < -0.4 is 4.72 Å². The second-order valence-electron chi connectivity index (χ2n) is 7.07. The molecular weight excluding hydrogens is 378 g/mol. The van der Waals surface area contributed by atoms with Crippen molar-refractivity contribution < 1.29 is 13.3 Å². The standard InChI is InChI=1S/C20H21N3O4S/c24-23(25)16-8-10-17(11-9-16)28(26,27)21-20-18-6-2-1-5-15(18)7-12-19(20)22-13-3-4-14-22/h1-2,5-12,19-21H,3-4,13-14H2. The van der Waals surface area contributed by atoms with Gasteiger partial charge in [-0.3, -0.25) is 15.0 Å². The maximum absolute atomic E-state index is 13.0. The van der Waals surface area contributed by atoms with Gasteiger partial charge in [-0.1, -0.05) is 36.4 Å². The molecule has 0 aromatic heterocycles. The summed E-state index contributed by atoms with van der Waals surface area (Å²) in [6.45, 7) is 1.87. The fourth-order valence-electron chi connectivity index (χ4n) is 3.93. The van der Waals surface area contributed by atoms with Gasteiger partial charge in [-0.15, -0.1) is 0 Å². The van der Waals surface area contributed by atoms with Crippen LogP contribution in [0.2, 0.25) is 0 Å². The number of nitrogens with one attached hydrogen (secondary N) is 1. The lowest BCUT2D eigenvalue weighted by atomic mass is 9.89. The van der Waals surface area contributed by atoms with Gasteiger partial charge in [-0.2, -0.15) is 0 Å². The first kappa shape index (κ1) is 18.8. The van der Waals surface area contributed by atoms with E-state index in [1.165, 1.54) is 24.3 Å². The molecule has 2 aromatic rings. The number of hydrogen-bond donors (Lipinski definition) is 1. The Hall–Kier alpha value is -2.55. The Labute approximate surface area is 163 Å². The van der Waals surface area contributed by atoms with Crippen LogP contribution in [-0.2, 0) is 10.0 Å². The van der Waals surface area contributed by atoms with Crippen molar-refractivity contribution >= 4 is 21.8 Å². The van der Waals surface area contributed by atoms with Gasteiger partial charge in [0.2, 0.25) is 10.0 Å². The average Bonchev–Trinajstić information content (AvgIpc) is 3.22. The monoisotopic (exact) mass is 399 g/mol. The predicted octanol–water partition coefficient (Wildman–Crippen LogP) is 3.11. The highest BCUT2D eigenvalue weighted by molar-refractivity contribution is 7.89. The fraction of sp³-hybridized carbons (Fsp3) is 0.300. The lowest BCUT2D eigenvalue weighted by Crippen LogP contribution is -2.45. The number of nitro benzene ring substituents is 1. The molecule has 1 N–H and O–H groups in total. The molecule has 28 heavy (non-hydrogen) atoms. The Kier molecular flexibility index (Phi) is 5.01. The zero-order chi connectivity index (χ0) is 19.7. The van der Waals surface area contributed by atoms with Gasteiger partial charge < -0.3 is 0 Å².